The highest BCUT2D eigenvalue weighted by Gasteiger charge is 2.09. The first-order valence-corrected chi connectivity index (χ1v) is 7.67. The van der Waals surface area contributed by atoms with Crippen LogP contribution in [0.4, 0.5) is 0 Å². The molecule has 0 aliphatic carbocycles. The van der Waals surface area contributed by atoms with E-state index in [-0.39, 0.29) is 30.0 Å². The van der Waals surface area contributed by atoms with E-state index in [4.69, 9.17) is 16.1 Å². The summed E-state index contributed by atoms with van der Waals surface area (Å²) in [4.78, 5) is 4.22. The number of guanidine groups is 1. The Kier molecular flexibility index (Phi) is 8.40. The predicted molar refractivity (Wildman–Crippen MR) is 104 cm³/mol. The summed E-state index contributed by atoms with van der Waals surface area (Å²) in [7, 11) is 1.73. The number of benzene rings is 1. The first-order chi connectivity index (χ1) is 10.6. The molecule has 0 spiro atoms. The van der Waals surface area contributed by atoms with E-state index in [1.165, 1.54) is 0 Å². The van der Waals surface area contributed by atoms with Crippen LogP contribution in [-0.4, -0.2) is 18.2 Å². The molecular formula is C16H22ClIN4O. The molecule has 1 atom stereocenters. The lowest BCUT2D eigenvalue weighted by atomic mass is 10.1. The lowest BCUT2D eigenvalue weighted by Gasteiger charge is -2.18. The lowest BCUT2D eigenvalue weighted by molar-refractivity contribution is 0.374. The van der Waals surface area contributed by atoms with E-state index in [9.17, 15) is 0 Å². The minimum Gasteiger partial charge on any atom is -0.359 e. The summed E-state index contributed by atoms with van der Waals surface area (Å²) < 4.78 is 5.24. The summed E-state index contributed by atoms with van der Waals surface area (Å²) in [6.45, 7) is 4.64. The van der Waals surface area contributed by atoms with Crippen molar-refractivity contribution < 1.29 is 4.52 Å². The Morgan fingerprint density at radius 3 is 2.78 bits per heavy atom. The van der Waals surface area contributed by atoms with E-state index in [1.54, 1.807) is 7.05 Å². The van der Waals surface area contributed by atoms with E-state index in [1.807, 2.05) is 37.3 Å². The van der Waals surface area contributed by atoms with Crippen LogP contribution in [0.5, 0.6) is 0 Å². The number of halogens is 2. The fraction of sp³-hybridized carbons (Fsp3) is 0.375. The van der Waals surface area contributed by atoms with Gasteiger partial charge < -0.3 is 15.2 Å². The van der Waals surface area contributed by atoms with Gasteiger partial charge in [-0.05, 0) is 31.0 Å². The molecule has 0 saturated carbocycles. The molecule has 0 bridgehead atoms. The summed E-state index contributed by atoms with van der Waals surface area (Å²) in [5, 5.41) is 11.2. The molecule has 0 aliphatic rings. The largest absolute Gasteiger partial charge is 0.359 e. The fourth-order valence-electron chi connectivity index (χ4n) is 2.04. The van der Waals surface area contributed by atoms with Crippen molar-refractivity contribution in [1.82, 2.24) is 15.8 Å². The molecule has 7 heteroatoms. The molecule has 2 rings (SSSR count). The fourth-order valence-corrected chi connectivity index (χ4v) is 2.23. The van der Waals surface area contributed by atoms with Crippen LogP contribution in [-0.2, 0) is 13.0 Å². The van der Waals surface area contributed by atoms with Crippen molar-refractivity contribution in [3.05, 3.63) is 52.4 Å². The Morgan fingerprint density at radius 1 is 1.39 bits per heavy atom. The van der Waals surface area contributed by atoms with Crippen LogP contribution in [0, 0.1) is 0 Å². The Hall–Kier alpha value is -1.28. The van der Waals surface area contributed by atoms with Gasteiger partial charge in [0.15, 0.2) is 11.7 Å². The molecule has 0 fully saturated rings. The summed E-state index contributed by atoms with van der Waals surface area (Å²) >= 11 is 6.02. The predicted octanol–water partition coefficient (Wildman–Crippen LogP) is 3.93. The van der Waals surface area contributed by atoms with Crippen molar-refractivity contribution in [2.24, 2.45) is 4.99 Å². The molecule has 2 N–H and O–H groups in total. The maximum atomic E-state index is 6.02. The number of aliphatic imine (C=N–C) groups is 1. The summed E-state index contributed by atoms with van der Waals surface area (Å²) in [5.41, 5.74) is 2.05. The molecule has 1 aromatic carbocycles. The van der Waals surface area contributed by atoms with Crippen molar-refractivity contribution in [2.75, 3.05) is 7.05 Å². The molecular weight excluding hydrogens is 427 g/mol. The second kappa shape index (κ2) is 9.77. The smallest absolute Gasteiger partial charge is 0.191 e. The first kappa shape index (κ1) is 19.8. The highest BCUT2D eigenvalue weighted by molar-refractivity contribution is 14.0. The molecule has 2 aromatic rings. The summed E-state index contributed by atoms with van der Waals surface area (Å²) in [5.74, 6) is 1.48. The van der Waals surface area contributed by atoms with Gasteiger partial charge in [0.05, 0.1) is 18.3 Å². The van der Waals surface area contributed by atoms with Gasteiger partial charge in [0.25, 0.3) is 0 Å². The molecule has 126 valence electrons. The van der Waals surface area contributed by atoms with E-state index in [2.05, 4.69) is 27.7 Å². The average Bonchev–Trinajstić information content (AvgIpc) is 2.99. The van der Waals surface area contributed by atoms with Crippen molar-refractivity contribution in [1.29, 1.82) is 0 Å². The SMILES string of the molecule is CCc1cc(CNC(=NC)NC(C)c2cccc(Cl)c2)on1.I. The zero-order chi connectivity index (χ0) is 15.9. The van der Waals surface area contributed by atoms with Gasteiger partial charge in [-0.25, -0.2) is 0 Å². The van der Waals surface area contributed by atoms with Gasteiger partial charge in [-0.3, -0.25) is 4.99 Å². The monoisotopic (exact) mass is 448 g/mol. The van der Waals surface area contributed by atoms with Gasteiger partial charge in [-0.2, -0.15) is 0 Å². The Labute approximate surface area is 158 Å². The molecule has 0 saturated heterocycles. The Balaban J connectivity index is 0.00000264. The number of hydrogen-bond donors (Lipinski definition) is 2. The number of aryl methyl sites for hydroxylation is 1. The molecule has 0 aliphatic heterocycles. The maximum absolute atomic E-state index is 6.02. The lowest BCUT2D eigenvalue weighted by Crippen LogP contribution is -2.38. The van der Waals surface area contributed by atoms with E-state index < -0.39 is 0 Å². The van der Waals surface area contributed by atoms with Gasteiger partial charge in [0.1, 0.15) is 0 Å². The standard InChI is InChI=1S/C16H21ClN4O.HI/c1-4-14-9-15(22-21-14)10-19-16(18-3)20-11(2)12-6-5-7-13(17)8-12;/h5-9,11H,4,10H2,1-3H3,(H2,18,19,20);1H. The van der Waals surface area contributed by atoms with Gasteiger partial charge in [0, 0.05) is 18.1 Å². The van der Waals surface area contributed by atoms with Crippen molar-refractivity contribution in [3.63, 3.8) is 0 Å². The third-order valence-corrected chi connectivity index (χ3v) is 3.56. The molecule has 1 unspecified atom stereocenters. The van der Waals surface area contributed by atoms with Crippen LogP contribution in [0.2, 0.25) is 5.02 Å². The second-order valence-electron chi connectivity index (χ2n) is 4.98. The number of aromatic nitrogens is 1. The second-order valence-corrected chi connectivity index (χ2v) is 5.42. The molecule has 23 heavy (non-hydrogen) atoms. The number of rotatable bonds is 5. The minimum absolute atomic E-state index is 0. The summed E-state index contributed by atoms with van der Waals surface area (Å²) in [6.07, 6.45) is 0.863. The minimum atomic E-state index is 0. The van der Waals surface area contributed by atoms with Crippen LogP contribution in [0.3, 0.4) is 0 Å². The van der Waals surface area contributed by atoms with Crippen LogP contribution >= 0.6 is 35.6 Å². The molecule has 1 aromatic heterocycles. The van der Waals surface area contributed by atoms with Crippen LogP contribution < -0.4 is 10.6 Å². The quantitative estimate of drug-likeness (QED) is 0.413. The van der Waals surface area contributed by atoms with E-state index in [0.717, 1.165) is 28.5 Å². The van der Waals surface area contributed by atoms with Gasteiger partial charge >= 0.3 is 0 Å². The van der Waals surface area contributed by atoms with Crippen LogP contribution in [0.25, 0.3) is 0 Å². The Morgan fingerprint density at radius 2 is 2.17 bits per heavy atom. The van der Waals surface area contributed by atoms with Crippen LogP contribution in [0.1, 0.15) is 36.9 Å². The Bertz CT molecular complexity index is 645. The van der Waals surface area contributed by atoms with Crippen molar-refractivity contribution in [2.45, 2.75) is 32.9 Å². The third kappa shape index (κ3) is 6.02. The highest BCUT2D eigenvalue weighted by Crippen LogP contribution is 2.17. The number of nitrogens with one attached hydrogen (secondary N) is 2. The zero-order valence-electron chi connectivity index (χ0n) is 13.5. The molecule has 0 amide bonds. The number of hydrogen-bond acceptors (Lipinski definition) is 3. The van der Waals surface area contributed by atoms with E-state index in [0.29, 0.717) is 12.5 Å². The van der Waals surface area contributed by atoms with Gasteiger partial charge in [-0.1, -0.05) is 35.8 Å². The molecule has 1 heterocycles. The van der Waals surface area contributed by atoms with Crippen molar-refractivity contribution >= 4 is 41.5 Å². The molecule has 0 radical (unpaired) electrons. The topological polar surface area (TPSA) is 62.5 Å². The maximum Gasteiger partial charge on any atom is 0.191 e. The zero-order valence-corrected chi connectivity index (χ0v) is 16.6. The third-order valence-electron chi connectivity index (χ3n) is 3.33. The first-order valence-electron chi connectivity index (χ1n) is 7.29. The highest BCUT2D eigenvalue weighted by atomic mass is 127. The molecule has 5 nitrogen and oxygen atoms in total. The van der Waals surface area contributed by atoms with Gasteiger partial charge in [-0.15, -0.1) is 24.0 Å². The average molecular weight is 449 g/mol. The van der Waals surface area contributed by atoms with Gasteiger partial charge in [0.2, 0.25) is 0 Å². The normalized spacial score (nSPS) is 12.4. The van der Waals surface area contributed by atoms with Crippen LogP contribution in [0.15, 0.2) is 39.8 Å². The number of nitrogens with zero attached hydrogens (tertiary/aromatic N) is 2. The van der Waals surface area contributed by atoms with E-state index >= 15 is 0 Å². The van der Waals surface area contributed by atoms with Crippen molar-refractivity contribution in [3.8, 4) is 0 Å². The summed E-state index contributed by atoms with van der Waals surface area (Å²) in [6, 6.07) is 9.80.